The summed E-state index contributed by atoms with van der Waals surface area (Å²) in [5, 5.41) is 20.9. The number of ether oxygens (including phenoxy) is 4. The van der Waals surface area contributed by atoms with Gasteiger partial charge in [-0.2, -0.15) is 10.5 Å². The molecule has 9 heteroatoms. The predicted octanol–water partition coefficient (Wildman–Crippen LogP) is 17.2. The summed E-state index contributed by atoms with van der Waals surface area (Å²) in [5.41, 5.74) is 2.88. The molecule has 0 atom stereocenters. The van der Waals surface area contributed by atoms with E-state index in [1.807, 2.05) is 60.7 Å². The highest BCUT2D eigenvalue weighted by Crippen LogP contribution is 2.43. The number of hydrogen-bond acceptors (Lipinski definition) is 9. The van der Waals surface area contributed by atoms with E-state index in [4.69, 9.17) is 18.9 Å². The van der Waals surface area contributed by atoms with Crippen molar-refractivity contribution in [3.05, 3.63) is 93.7 Å². The van der Waals surface area contributed by atoms with E-state index in [0.29, 0.717) is 37.6 Å². The van der Waals surface area contributed by atoms with Gasteiger partial charge >= 0.3 is 0 Å². The Labute approximate surface area is 389 Å². The van der Waals surface area contributed by atoms with E-state index in [-0.39, 0.29) is 0 Å². The van der Waals surface area contributed by atoms with E-state index < -0.39 is 0 Å². The second-order valence-electron chi connectivity index (χ2n) is 15.9. The van der Waals surface area contributed by atoms with Gasteiger partial charge in [0.1, 0.15) is 35.1 Å². The summed E-state index contributed by atoms with van der Waals surface area (Å²) in [6.45, 7) is 11.5. The van der Waals surface area contributed by atoms with Crippen molar-refractivity contribution in [2.45, 2.75) is 130 Å². The summed E-state index contributed by atoms with van der Waals surface area (Å²) in [4.78, 5) is 6.27. The molecule has 5 aromatic rings. The van der Waals surface area contributed by atoms with Crippen LogP contribution in [0.2, 0.25) is 0 Å². The fraction of sp³-hybridized carbons (Fsp3) is 0.444. The Balaban J connectivity index is 1.33. The van der Waals surface area contributed by atoms with Crippen molar-refractivity contribution >= 4 is 57.3 Å². The Bertz CT molecular complexity index is 2110. The van der Waals surface area contributed by atoms with Crippen molar-refractivity contribution in [3.63, 3.8) is 0 Å². The SMILES string of the molecule is CCCCCCOc1ccc(OCCCCCC)c(/C=C(\C#N)c2ccc(-c3ccc(-c4ccc(/C(C#N)=C/c5cc(OCCCCCC)ccc5OCCCCCC)s4)s3)s2)c1. The van der Waals surface area contributed by atoms with E-state index >= 15 is 0 Å². The van der Waals surface area contributed by atoms with Crippen LogP contribution >= 0.6 is 34.0 Å². The molecular weight excluding hydrogens is 837 g/mol. The van der Waals surface area contributed by atoms with Gasteiger partial charge in [0, 0.05) is 40.4 Å². The molecule has 334 valence electrons. The van der Waals surface area contributed by atoms with Gasteiger partial charge in [0.05, 0.1) is 37.6 Å². The summed E-state index contributed by atoms with van der Waals surface area (Å²) in [7, 11) is 0. The smallest absolute Gasteiger partial charge is 0.126 e. The summed E-state index contributed by atoms with van der Waals surface area (Å²) in [5.74, 6) is 3.12. The van der Waals surface area contributed by atoms with E-state index in [0.717, 1.165) is 115 Å². The molecule has 3 aromatic heterocycles. The van der Waals surface area contributed by atoms with Crippen LogP contribution in [0.4, 0.5) is 0 Å². The molecule has 63 heavy (non-hydrogen) atoms. The van der Waals surface area contributed by atoms with E-state index in [9.17, 15) is 10.5 Å². The van der Waals surface area contributed by atoms with Gasteiger partial charge in [0.15, 0.2) is 0 Å². The Hall–Kier alpha value is -4.80. The van der Waals surface area contributed by atoms with Gasteiger partial charge in [-0.05, 0) is 111 Å². The van der Waals surface area contributed by atoms with Crippen LogP contribution in [0.1, 0.15) is 151 Å². The highest BCUT2D eigenvalue weighted by molar-refractivity contribution is 7.27. The highest BCUT2D eigenvalue weighted by Gasteiger charge is 2.15. The number of rotatable bonds is 30. The lowest BCUT2D eigenvalue weighted by atomic mass is 10.1. The third kappa shape index (κ3) is 16.1. The lowest BCUT2D eigenvalue weighted by Gasteiger charge is -2.13. The van der Waals surface area contributed by atoms with Crippen LogP contribution in [0.15, 0.2) is 72.8 Å². The monoisotopic (exact) mass is 902 g/mol. The van der Waals surface area contributed by atoms with Crippen LogP contribution in [0, 0.1) is 22.7 Å². The number of nitrogens with zero attached hydrogens (tertiary/aromatic N) is 2. The molecule has 0 unspecified atom stereocenters. The summed E-state index contributed by atoms with van der Waals surface area (Å²) >= 11 is 4.95. The van der Waals surface area contributed by atoms with Gasteiger partial charge in [0.2, 0.25) is 0 Å². The Morgan fingerprint density at radius 3 is 1.14 bits per heavy atom. The van der Waals surface area contributed by atoms with Crippen molar-refractivity contribution < 1.29 is 18.9 Å². The maximum Gasteiger partial charge on any atom is 0.126 e. The minimum absolute atomic E-state index is 0.590. The molecule has 0 saturated carbocycles. The first-order valence-corrected chi connectivity index (χ1v) is 25.8. The minimum Gasteiger partial charge on any atom is -0.494 e. The van der Waals surface area contributed by atoms with E-state index in [1.54, 1.807) is 34.0 Å². The molecule has 3 heterocycles. The molecule has 0 aliphatic carbocycles. The lowest BCUT2D eigenvalue weighted by Crippen LogP contribution is -2.01. The molecule has 0 amide bonds. The van der Waals surface area contributed by atoms with Crippen molar-refractivity contribution in [3.8, 4) is 54.6 Å². The minimum atomic E-state index is 0.590. The number of hydrogen-bond donors (Lipinski definition) is 0. The molecule has 0 bridgehead atoms. The lowest BCUT2D eigenvalue weighted by molar-refractivity contribution is 0.296. The largest absolute Gasteiger partial charge is 0.494 e. The predicted molar refractivity (Wildman–Crippen MR) is 269 cm³/mol. The zero-order valence-corrected chi connectivity index (χ0v) is 40.4. The second-order valence-corrected chi connectivity index (χ2v) is 19.1. The zero-order valence-electron chi connectivity index (χ0n) is 38.0. The average molecular weight is 903 g/mol. The third-order valence-corrected chi connectivity index (χ3v) is 14.4. The summed E-state index contributed by atoms with van der Waals surface area (Å²) < 4.78 is 24.8. The van der Waals surface area contributed by atoms with Gasteiger partial charge in [-0.25, -0.2) is 0 Å². The highest BCUT2D eigenvalue weighted by atomic mass is 32.1. The standard InChI is InChI=1S/C54H66N2O4S3/c1-5-9-13-17-31-57-45-21-23-47(59-33-19-15-11-7-3)41(37-45)35-43(39-55)49-25-27-51(61-49)53-29-30-54(63-53)52-28-26-50(62-52)44(40-56)36-42-38-46(58-32-18-14-10-6-2)22-24-48(42)60-34-20-16-12-8-4/h21-30,35-38H,5-20,31-34H2,1-4H3/b43-35+,44-36+. The molecule has 0 aliphatic rings. The number of unbranched alkanes of at least 4 members (excludes halogenated alkanes) is 12. The molecule has 0 aliphatic heterocycles. The molecule has 0 fully saturated rings. The quantitative estimate of drug-likeness (QED) is 0.0337. The van der Waals surface area contributed by atoms with Crippen molar-refractivity contribution in [2.75, 3.05) is 26.4 Å². The molecule has 5 rings (SSSR count). The van der Waals surface area contributed by atoms with E-state index in [1.165, 1.54) is 51.4 Å². The van der Waals surface area contributed by atoms with E-state index in [2.05, 4.69) is 64.1 Å². The molecule has 0 N–H and O–H groups in total. The molecule has 0 saturated heterocycles. The number of benzene rings is 2. The van der Waals surface area contributed by atoms with Crippen LogP contribution in [0.5, 0.6) is 23.0 Å². The Morgan fingerprint density at radius 1 is 0.429 bits per heavy atom. The van der Waals surface area contributed by atoms with Crippen LogP contribution in [-0.2, 0) is 0 Å². The first-order valence-electron chi connectivity index (χ1n) is 23.3. The number of thiophene rings is 3. The van der Waals surface area contributed by atoms with Crippen molar-refractivity contribution in [1.82, 2.24) is 0 Å². The number of allylic oxidation sites excluding steroid dienone is 2. The molecule has 0 spiro atoms. The average Bonchev–Trinajstić information content (AvgIpc) is 4.11. The molecule has 0 radical (unpaired) electrons. The second kappa shape index (κ2) is 28.1. The summed E-state index contributed by atoms with van der Waals surface area (Å²) in [6.07, 6.45) is 22.0. The normalized spacial score (nSPS) is 11.7. The molecular formula is C54H66N2O4S3. The number of nitriles is 2. The molecule has 2 aromatic carbocycles. The first kappa shape index (κ1) is 49.2. The van der Waals surface area contributed by atoms with Crippen molar-refractivity contribution in [1.29, 1.82) is 10.5 Å². The third-order valence-electron chi connectivity index (χ3n) is 10.7. The van der Waals surface area contributed by atoms with Gasteiger partial charge < -0.3 is 18.9 Å². The van der Waals surface area contributed by atoms with Gasteiger partial charge in [-0.3, -0.25) is 0 Å². The summed E-state index contributed by atoms with van der Waals surface area (Å²) in [6, 6.07) is 29.4. The Kier molecular flexibility index (Phi) is 21.9. The van der Waals surface area contributed by atoms with Crippen LogP contribution in [0.25, 0.3) is 42.8 Å². The topological polar surface area (TPSA) is 84.5 Å². The van der Waals surface area contributed by atoms with Gasteiger partial charge in [-0.1, -0.05) is 105 Å². The maximum atomic E-state index is 10.4. The van der Waals surface area contributed by atoms with Gasteiger partial charge in [-0.15, -0.1) is 34.0 Å². The van der Waals surface area contributed by atoms with Crippen LogP contribution in [-0.4, -0.2) is 26.4 Å². The van der Waals surface area contributed by atoms with Crippen LogP contribution < -0.4 is 18.9 Å². The maximum absolute atomic E-state index is 10.4. The Morgan fingerprint density at radius 2 is 0.778 bits per heavy atom. The van der Waals surface area contributed by atoms with Gasteiger partial charge in [0.25, 0.3) is 0 Å². The first-order chi connectivity index (χ1) is 31.0. The zero-order chi connectivity index (χ0) is 44.5. The fourth-order valence-corrected chi connectivity index (χ4v) is 10.2. The fourth-order valence-electron chi connectivity index (χ4n) is 7.04. The molecule has 6 nitrogen and oxygen atoms in total. The van der Waals surface area contributed by atoms with Crippen molar-refractivity contribution in [2.24, 2.45) is 0 Å². The van der Waals surface area contributed by atoms with Crippen LogP contribution in [0.3, 0.4) is 0 Å².